The first kappa shape index (κ1) is 48.7. The normalized spacial score (nSPS) is 20.4. The van der Waals surface area contributed by atoms with Crippen LogP contribution in [0.4, 0.5) is 20.2 Å². The number of halogens is 2. The Balaban J connectivity index is 0.616. The molecule has 3 aromatic carbocycles. The molecule has 2 unspecified atom stereocenters. The standard InChI is InChI=1S/C51H60F2N8O9/c52-35-26-33(27-36(53)30-35)31-55-46(63)39-8-14-60(49(39)66)37-4-5-41-34(28-37)29-43(56-41)50(67)59-17-11-51(12-18-59)9-15-58(16-10-51)19-21-69-23-25-70-24-22-68-20-13-54-42-3-1-2-38-40(42)32-61(48(38)65)44-6-7-45(62)57-47(44)64/h1-5,26-30,39,44,54,56H,6-25,31-32H2,(H,55,63)(H,57,62,64). The molecule has 6 heterocycles. The molecule has 5 aliphatic rings. The number of hydrogen-bond acceptors (Lipinski definition) is 11. The number of nitrogens with one attached hydrogen (secondary N) is 4. The maximum atomic E-state index is 13.7. The molecule has 2 atom stereocenters. The lowest BCUT2D eigenvalue weighted by Crippen LogP contribution is -2.52. The number of likely N-dealkylation sites (tertiary alicyclic amines) is 2. The number of imide groups is 1. The molecule has 1 aromatic heterocycles. The lowest BCUT2D eigenvalue weighted by Gasteiger charge is -2.46. The van der Waals surface area contributed by atoms with Crippen molar-refractivity contribution in [2.24, 2.45) is 11.3 Å². The van der Waals surface area contributed by atoms with Crippen LogP contribution >= 0.6 is 0 Å². The first-order valence-corrected chi connectivity index (χ1v) is 24.4. The molecule has 0 aliphatic carbocycles. The molecule has 1 spiro atoms. The molecule has 372 valence electrons. The van der Waals surface area contributed by atoms with Crippen LogP contribution in [0.15, 0.2) is 60.7 Å². The number of hydrogen-bond donors (Lipinski definition) is 4. The van der Waals surface area contributed by atoms with Gasteiger partial charge in [0, 0.05) is 91.7 Å². The van der Waals surface area contributed by atoms with E-state index in [0.717, 1.165) is 85.7 Å². The van der Waals surface area contributed by atoms with E-state index in [9.17, 15) is 37.5 Å². The number of carbonyl (C=O) groups is 6. The Morgan fingerprint density at radius 1 is 0.786 bits per heavy atom. The third-order valence-corrected chi connectivity index (χ3v) is 14.5. The number of piperidine rings is 3. The Morgan fingerprint density at radius 3 is 2.24 bits per heavy atom. The van der Waals surface area contributed by atoms with Crippen LogP contribution in [0.1, 0.15) is 76.9 Å². The van der Waals surface area contributed by atoms with Gasteiger partial charge in [-0.25, -0.2) is 8.78 Å². The van der Waals surface area contributed by atoms with Gasteiger partial charge in [0.25, 0.3) is 11.8 Å². The number of anilines is 2. The van der Waals surface area contributed by atoms with Gasteiger partial charge in [-0.3, -0.25) is 34.1 Å². The summed E-state index contributed by atoms with van der Waals surface area (Å²) in [5, 5.41) is 9.10. The van der Waals surface area contributed by atoms with Gasteiger partial charge < -0.3 is 49.4 Å². The van der Waals surface area contributed by atoms with Crippen molar-refractivity contribution in [2.45, 2.75) is 64.1 Å². The van der Waals surface area contributed by atoms with E-state index in [2.05, 4.69) is 25.8 Å². The van der Waals surface area contributed by atoms with Gasteiger partial charge in [0.05, 0.1) is 39.6 Å². The molecule has 17 nitrogen and oxygen atoms in total. The summed E-state index contributed by atoms with van der Waals surface area (Å²) in [6, 6.07) is 15.2. The first-order chi connectivity index (χ1) is 33.9. The van der Waals surface area contributed by atoms with E-state index in [1.54, 1.807) is 21.9 Å². The topological polar surface area (TPSA) is 195 Å². The van der Waals surface area contributed by atoms with Crippen molar-refractivity contribution in [3.8, 4) is 0 Å². The van der Waals surface area contributed by atoms with E-state index in [1.807, 2.05) is 35.2 Å². The fourth-order valence-electron chi connectivity index (χ4n) is 10.5. The summed E-state index contributed by atoms with van der Waals surface area (Å²) < 4.78 is 44.5. The summed E-state index contributed by atoms with van der Waals surface area (Å²) >= 11 is 0. The second kappa shape index (κ2) is 21.8. The van der Waals surface area contributed by atoms with Crippen LogP contribution in [0.2, 0.25) is 0 Å². The molecular weight excluding hydrogens is 907 g/mol. The predicted octanol–water partition coefficient (Wildman–Crippen LogP) is 4.36. The molecule has 5 aliphatic heterocycles. The van der Waals surface area contributed by atoms with Gasteiger partial charge in [-0.05, 0) is 111 Å². The second-order valence-corrected chi connectivity index (χ2v) is 18.9. The van der Waals surface area contributed by atoms with Crippen molar-refractivity contribution in [2.75, 3.05) is 95.7 Å². The van der Waals surface area contributed by atoms with Crippen molar-refractivity contribution >= 4 is 57.7 Å². The summed E-state index contributed by atoms with van der Waals surface area (Å²) in [4.78, 5) is 87.7. The Labute approximate surface area is 404 Å². The molecule has 4 saturated heterocycles. The maximum Gasteiger partial charge on any atom is 0.270 e. The molecule has 0 radical (unpaired) electrons. The molecule has 70 heavy (non-hydrogen) atoms. The number of amides is 6. The summed E-state index contributed by atoms with van der Waals surface area (Å²) in [7, 11) is 0. The highest BCUT2D eigenvalue weighted by Crippen LogP contribution is 2.42. The van der Waals surface area contributed by atoms with E-state index in [-0.39, 0.29) is 47.6 Å². The number of aromatic amines is 1. The van der Waals surface area contributed by atoms with Crippen LogP contribution in [0, 0.1) is 23.0 Å². The number of aromatic nitrogens is 1. The van der Waals surface area contributed by atoms with E-state index in [0.29, 0.717) is 102 Å². The minimum Gasteiger partial charge on any atom is -0.382 e. The van der Waals surface area contributed by atoms with Crippen LogP contribution in [-0.4, -0.2) is 147 Å². The van der Waals surface area contributed by atoms with Crippen molar-refractivity contribution in [3.05, 3.63) is 94.7 Å². The zero-order chi connectivity index (χ0) is 48.8. The molecule has 6 amide bonds. The number of ether oxygens (including phenoxy) is 3. The average Bonchev–Trinajstić information content (AvgIpc) is 4.06. The van der Waals surface area contributed by atoms with Crippen LogP contribution < -0.4 is 20.9 Å². The van der Waals surface area contributed by atoms with Crippen molar-refractivity contribution < 1.29 is 51.8 Å². The van der Waals surface area contributed by atoms with Gasteiger partial charge in [-0.15, -0.1) is 0 Å². The monoisotopic (exact) mass is 966 g/mol. The molecule has 19 heteroatoms. The van der Waals surface area contributed by atoms with Crippen LogP contribution in [0.5, 0.6) is 0 Å². The Kier molecular flexibility index (Phi) is 15.2. The number of fused-ring (bicyclic) bond motifs is 2. The largest absolute Gasteiger partial charge is 0.382 e. The SMILES string of the molecule is O=C1CCC(N2Cc3c(NCCOCCOCCOCCN4CCC5(CC4)CCN(C(=O)c4cc6cc(N7CCC(C(=O)NCc8cc(F)cc(F)c8)C7=O)ccc6[nH]4)CC5)cccc3C2=O)C(=O)N1. The van der Waals surface area contributed by atoms with Gasteiger partial charge in [0.2, 0.25) is 23.6 Å². The van der Waals surface area contributed by atoms with Crippen LogP contribution in [0.3, 0.4) is 0 Å². The number of H-pyrrole nitrogens is 1. The Bertz CT molecular complexity index is 2590. The van der Waals surface area contributed by atoms with E-state index in [1.165, 1.54) is 0 Å². The lowest BCUT2D eigenvalue weighted by atomic mass is 9.71. The van der Waals surface area contributed by atoms with Crippen LogP contribution in [0.25, 0.3) is 10.9 Å². The summed E-state index contributed by atoms with van der Waals surface area (Å²) in [6.45, 7) is 8.26. The van der Waals surface area contributed by atoms with Crippen molar-refractivity contribution in [1.29, 1.82) is 0 Å². The third-order valence-electron chi connectivity index (χ3n) is 14.5. The number of nitrogens with zero attached hydrogens (tertiary/aromatic N) is 4. The van der Waals surface area contributed by atoms with E-state index >= 15 is 0 Å². The smallest absolute Gasteiger partial charge is 0.270 e. The minimum atomic E-state index is -0.912. The van der Waals surface area contributed by atoms with Crippen molar-refractivity contribution in [1.82, 2.24) is 30.3 Å². The molecule has 4 fully saturated rings. The lowest BCUT2D eigenvalue weighted by molar-refractivity contribution is -0.137. The zero-order valence-corrected chi connectivity index (χ0v) is 39.2. The second-order valence-electron chi connectivity index (χ2n) is 18.9. The van der Waals surface area contributed by atoms with Gasteiger partial charge in [-0.2, -0.15) is 0 Å². The summed E-state index contributed by atoms with van der Waals surface area (Å²) in [5.41, 5.74) is 4.62. The summed E-state index contributed by atoms with van der Waals surface area (Å²) in [5.74, 6) is -4.22. The highest BCUT2D eigenvalue weighted by Gasteiger charge is 2.41. The highest BCUT2D eigenvalue weighted by atomic mass is 19.1. The number of rotatable bonds is 19. The zero-order valence-electron chi connectivity index (χ0n) is 39.2. The van der Waals surface area contributed by atoms with Gasteiger partial charge in [0.15, 0.2) is 0 Å². The van der Waals surface area contributed by atoms with Crippen LogP contribution in [-0.2, 0) is 46.5 Å². The number of benzene rings is 3. The molecule has 4 aromatic rings. The van der Waals surface area contributed by atoms with Crippen molar-refractivity contribution in [3.63, 3.8) is 0 Å². The Morgan fingerprint density at radius 2 is 1.50 bits per heavy atom. The fraction of sp³-hybridized carbons (Fsp3) is 0.490. The molecule has 4 N–H and O–H groups in total. The van der Waals surface area contributed by atoms with Gasteiger partial charge in [-0.1, -0.05) is 6.07 Å². The predicted molar refractivity (Wildman–Crippen MR) is 254 cm³/mol. The van der Waals surface area contributed by atoms with E-state index in [4.69, 9.17) is 14.2 Å². The van der Waals surface area contributed by atoms with Gasteiger partial charge >= 0.3 is 0 Å². The number of carbonyl (C=O) groups excluding carboxylic acids is 6. The van der Waals surface area contributed by atoms with Gasteiger partial charge in [0.1, 0.15) is 29.3 Å². The Hall–Kier alpha value is -6.28. The quantitative estimate of drug-likeness (QED) is 0.0593. The summed E-state index contributed by atoms with van der Waals surface area (Å²) in [6.07, 6.45) is 4.94. The fourth-order valence-corrected chi connectivity index (χ4v) is 10.5. The highest BCUT2D eigenvalue weighted by molar-refractivity contribution is 6.10. The first-order valence-electron chi connectivity index (χ1n) is 24.4. The third kappa shape index (κ3) is 11.2. The minimum absolute atomic E-state index is 0.0472. The average molecular weight is 967 g/mol. The molecule has 0 bridgehead atoms. The maximum absolute atomic E-state index is 13.7. The molecule has 9 rings (SSSR count). The molecule has 0 saturated carbocycles. The van der Waals surface area contributed by atoms with E-state index < -0.39 is 35.4 Å². The molecular formula is C51H60F2N8O9.